The molecule has 0 heterocycles. The second kappa shape index (κ2) is 6.20. The Morgan fingerprint density at radius 3 is 2.79 bits per heavy atom. The van der Waals surface area contributed by atoms with Crippen LogP contribution in [-0.4, -0.2) is 24.9 Å². The summed E-state index contributed by atoms with van der Waals surface area (Å²) in [5.74, 6) is 1.17. The van der Waals surface area contributed by atoms with Crippen LogP contribution < -0.4 is 0 Å². The molecule has 14 heavy (non-hydrogen) atoms. The van der Waals surface area contributed by atoms with Gasteiger partial charge in [-0.15, -0.1) is 0 Å². The summed E-state index contributed by atoms with van der Waals surface area (Å²) in [7, 11) is 0. The van der Waals surface area contributed by atoms with E-state index in [9.17, 15) is 0 Å². The predicted octanol–water partition coefficient (Wildman–Crippen LogP) is 2.38. The monoisotopic (exact) mass is 198 g/mol. The van der Waals surface area contributed by atoms with Gasteiger partial charge in [0.1, 0.15) is 0 Å². The van der Waals surface area contributed by atoms with Gasteiger partial charge in [-0.05, 0) is 38.0 Å². The Morgan fingerprint density at radius 1 is 1.43 bits per heavy atom. The Kier molecular flexibility index (Phi) is 5.20. The van der Waals surface area contributed by atoms with Gasteiger partial charge in [-0.25, -0.2) is 0 Å². The minimum Gasteiger partial charge on any atom is -0.396 e. The third-order valence-corrected chi connectivity index (χ3v) is 2.85. The van der Waals surface area contributed by atoms with Gasteiger partial charge in [0.2, 0.25) is 0 Å². The third-order valence-electron chi connectivity index (χ3n) is 2.85. The number of aliphatic hydroxyl groups is 1. The second-order valence-corrected chi connectivity index (χ2v) is 4.55. The van der Waals surface area contributed by atoms with Crippen LogP contribution in [0.25, 0.3) is 0 Å². The average molecular weight is 198 g/mol. The van der Waals surface area contributed by atoms with Gasteiger partial charge < -0.3 is 9.84 Å². The Morgan fingerprint density at radius 2 is 2.14 bits per heavy atom. The third kappa shape index (κ3) is 4.25. The molecule has 0 aromatic rings. The summed E-state index contributed by atoms with van der Waals surface area (Å²) in [4.78, 5) is 0. The number of rotatable bonds is 5. The molecular weight excluding hydrogens is 176 g/mol. The SMILES string of the molecule is C=C(C)COCC1CCCC(CO)C1. The molecule has 0 amide bonds. The van der Waals surface area contributed by atoms with Gasteiger partial charge in [0.05, 0.1) is 6.61 Å². The molecule has 2 heteroatoms. The van der Waals surface area contributed by atoms with E-state index >= 15 is 0 Å². The lowest BCUT2D eigenvalue weighted by molar-refractivity contribution is 0.0749. The maximum atomic E-state index is 9.07. The largest absolute Gasteiger partial charge is 0.396 e. The molecule has 0 spiro atoms. The van der Waals surface area contributed by atoms with E-state index in [2.05, 4.69) is 6.58 Å². The molecule has 0 saturated heterocycles. The summed E-state index contributed by atoms with van der Waals surface area (Å²) in [6.45, 7) is 7.65. The highest BCUT2D eigenvalue weighted by atomic mass is 16.5. The molecule has 2 atom stereocenters. The van der Waals surface area contributed by atoms with Crippen molar-refractivity contribution < 1.29 is 9.84 Å². The van der Waals surface area contributed by atoms with Crippen LogP contribution in [0, 0.1) is 11.8 Å². The first-order valence-corrected chi connectivity index (χ1v) is 5.55. The van der Waals surface area contributed by atoms with Gasteiger partial charge in [-0.2, -0.15) is 0 Å². The smallest absolute Gasteiger partial charge is 0.0671 e. The molecule has 0 aromatic carbocycles. The van der Waals surface area contributed by atoms with Crippen LogP contribution in [0.15, 0.2) is 12.2 Å². The molecule has 0 radical (unpaired) electrons. The van der Waals surface area contributed by atoms with E-state index in [4.69, 9.17) is 9.84 Å². The second-order valence-electron chi connectivity index (χ2n) is 4.55. The van der Waals surface area contributed by atoms with E-state index < -0.39 is 0 Å². The molecule has 1 aliphatic rings. The summed E-state index contributed by atoms with van der Waals surface area (Å²) in [6, 6.07) is 0. The molecule has 1 saturated carbocycles. The van der Waals surface area contributed by atoms with Crippen molar-refractivity contribution in [3.63, 3.8) is 0 Å². The van der Waals surface area contributed by atoms with E-state index in [1.165, 1.54) is 19.3 Å². The molecule has 1 fully saturated rings. The zero-order valence-corrected chi connectivity index (χ0v) is 9.17. The van der Waals surface area contributed by atoms with Gasteiger partial charge in [-0.3, -0.25) is 0 Å². The lowest BCUT2D eigenvalue weighted by atomic mass is 9.82. The molecule has 0 bridgehead atoms. The fourth-order valence-corrected chi connectivity index (χ4v) is 2.12. The lowest BCUT2D eigenvalue weighted by Crippen LogP contribution is -2.22. The van der Waals surface area contributed by atoms with Crippen LogP contribution in [0.3, 0.4) is 0 Å². The number of hydrogen-bond acceptors (Lipinski definition) is 2. The summed E-state index contributed by atoms with van der Waals surface area (Å²) < 4.78 is 5.55. The molecule has 2 nitrogen and oxygen atoms in total. The fourth-order valence-electron chi connectivity index (χ4n) is 2.12. The Bertz CT molecular complexity index is 177. The first-order valence-electron chi connectivity index (χ1n) is 5.55. The Balaban J connectivity index is 2.14. The van der Waals surface area contributed by atoms with Crippen molar-refractivity contribution in [2.45, 2.75) is 32.6 Å². The molecule has 0 aliphatic heterocycles. The maximum Gasteiger partial charge on any atom is 0.0671 e. The molecule has 1 aliphatic carbocycles. The van der Waals surface area contributed by atoms with Gasteiger partial charge in [-0.1, -0.05) is 18.6 Å². The molecular formula is C12H22O2. The highest BCUT2D eigenvalue weighted by molar-refractivity contribution is 4.87. The van der Waals surface area contributed by atoms with Gasteiger partial charge in [0.25, 0.3) is 0 Å². The van der Waals surface area contributed by atoms with E-state index in [0.717, 1.165) is 18.6 Å². The standard InChI is InChI=1S/C12H22O2/c1-10(2)8-14-9-12-5-3-4-11(6-12)7-13/h11-13H,1,3-9H2,2H3. The van der Waals surface area contributed by atoms with Crippen LogP contribution in [0.1, 0.15) is 32.6 Å². The molecule has 1 rings (SSSR count). The number of ether oxygens (including phenoxy) is 1. The normalized spacial score (nSPS) is 27.6. The van der Waals surface area contributed by atoms with Crippen molar-refractivity contribution >= 4 is 0 Å². The quantitative estimate of drug-likeness (QED) is 0.687. The first kappa shape index (κ1) is 11.7. The number of hydrogen-bond donors (Lipinski definition) is 1. The van der Waals surface area contributed by atoms with E-state index in [1.807, 2.05) is 6.92 Å². The van der Waals surface area contributed by atoms with Crippen molar-refractivity contribution in [3.8, 4) is 0 Å². The predicted molar refractivity (Wildman–Crippen MR) is 58.2 cm³/mol. The van der Waals surface area contributed by atoms with Crippen molar-refractivity contribution in [1.82, 2.24) is 0 Å². The Hall–Kier alpha value is -0.340. The van der Waals surface area contributed by atoms with E-state index in [-0.39, 0.29) is 0 Å². The molecule has 2 unspecified atom stereocenters. The van der Waals surface area contributed by atoms with Crippen LogP contribution in [-0.2, 0) is 4.74 Å². The van der Waals surface area contributed by atoms with Gasteiger partial charge in [0.15, 0.2) is 0 Å². The topological polar surface area (TPSA) is 29.5 Å². The molecule has 82 valence electrons. The average Bonchev–Trinajstić information content (AvgIpc) is 2.18. The van der Waals surface area contributed by atoms with Crippen LogP contribution in [0.5, 0.6) is 0 Å². The van der Waals surface area contributed by atoms with Gasteiger partial charge >= 0.3 is 0 Å². The summed E-state index contributed by atoms with van der Waals surface area (Å²) in [5.41, 5.74) is 1.08. The van der Waals surface area contributed by atoms with Crippen molar-refractivity contribution in [2.24, 2.45) is 11.8 Å². The minimum atomic E-state index is 0.344. The van der Waals surface area contributed by atoms with E-state index in [1.54, 1.807) is 0 Å². The van der Waals surface area contributed by atoms with Crippen LogP contribution >= 0.6 is 0 Å². The summed E-state index contributed by atoms with van der Waals surface area (Å²) >= 11 is 0. The maximum absolute atomic E-state index is 9.07. The van der Waals surface area contributed by atoms with Crippen molar-refractivity contribution in [1.29, 1.82) is 0 Å². The molecule has 0 aromatic heterocycles. The highest BCUT2D eigenvalue weighted by Gasteiger charge is 2.21. The molecule has 1 N–H and O–H groups in total. The Labute approximate surface area is 87.0 Å². The van der Waals surface area contributed by atoms with Crippen LogP contribution in [0.4, 0.5) is 0 Å². The van der Waals surface area contributed by atoms with Crippen molar-refractivity contribution in [3.05, 3.63) is 12.2 Å². The fraction of sp³-hybridized carbons (Fsp3) is 0.833. The highest BCUT2D eigenvalue weighted by Crippen LogP contribution is 2.28. The van der Waals surface area contributed by atoms with Crippen LogP contribution in [0.2, 0.25) is 0 Å². The number of aliphatic hydroxyl groups excluding tert-OH is 1. The first-order chi connectivity index (χ1) is 6.72. The summed E-state index contributed by atoms with van der Waals surface area (Å²) in [6.07, 6.45) is 4.82. The summed E-state index contributed by atoms with van der Waals surface area (Å²) in [5, 5.41) is 9.07. The van der Waals surface area contributed by atoms with Gasteiger partial charge in [0, 0.05) is 13.2 Å². The van der Waals surface area contributed by atoms with E-state index in [0.29, 0.717) is 25.0 Å². The zero-order valence-electron chi connectivity index (χ0n) is 9.17. The zero-order chi connectivity index (χ0) is 10.4. The lowest BCUT2D eigenvalue weighted by Gasteiger charge is -2.27. The minimum absolute atomic E-state index is 0.344. The van der Waals surface area contributed by atoms with Crippen molar-refractivity contribution in [2.75, 3.05) is 19.8 Å².